The molecule has 63 heavy (non-hydrogen) atoms. The van der Waals surface area contributed by atoms with Crippen LogP contribution in [0.2, 0.25) is 0 Å². The largest absolute Gasteiger partial charge is 0.392 e. The predicted octanol–water partition coefficient (Wildman–Crippen LogP) is 8.00. The van der Waals surface area contributed by atoms with Crippen LogP contribution in [0, 0.1) is 0 Å². The Labute approximate surface area is 369 Å². The molecule has 0 radical (unpaired) electrons. The number of fused-ring (bicyclic) bond motifs is 2. The van der Waals surface area contributed by atoms with Crippen molar-refractivity contribution < 1.29 is 44.0 Å². The third-order valence-electron chi connectivity index (χ3n) is 11.8. The molecule has 6 heterocycles. The minimum absolute atomic E-state index is 0.0154. The summed E-state index contributed by atoms with van der Waals surface area (Å²) in [5.41, 5.74) is 4.72. The van der Waals surface area contributed by atoms with E-state index >= 15 is 0 Å². The number of pyridine rings is 2. The number of amides is 4. The van der Waals surface area contributed by atoms with E-state index in [0.29, 0.717) is 24.3 Å². The Morgan fingerprint density at radius 3 is 1.19 bits per heavy atom. The van der Waals surface area contributed by atoms with Gasteiger partial charge in [0.2, 0.25) is 0 Å². The van der Waals surface area contributed by atoms with Gasteiger partial charge >= 0.3 is 0 Å². The molecule has 0 spiro atoms. The molecule has 15 nitrogen and oxygen atoms in total. The first-order valence-corrected chi connectivity index (χ1v) is 21.4. The molecule has 2 saturated heterocycles. The molecule has 0 atom stereocenters. The number of hydrogen-bond donors (Lipinski definition) is 2. The van der Waals surface area contributed by atoms with Crippen LogP contribution < -0.4 is 0 Å². The lowest BCUT2D eigenvalue weighted by Gasteiger charge is -2.51. The van der Waals surface area contributed by atoms with Gasteiger partial charge in [-0.2, -0.15) is 10.1 Å². The van der Waals surface area contributed by atoms with Crippen LogP contribution in [0.1, 0.15) is 158 Å². The smallest absolute Gasteiger partial charge is 0.285 e. The zero-order valence-electron chi connectivity index (χ0n) is 37.6. The number of nitrogens with zero attached hydrogens (tertiary/aromatic N) is 6. The van der Waals surface area contributed by atoms with Gasteiger partial charge in [-0.15, -0.1) is 10.1 Å². The standard InChI is InChI=1S/C24H29N3O4.C16H26N2O2.C8H5NO3/c1-23(2)10-7-11-24(3,4)27(23)31-16-18-12-17(13-25-14-18)15-30-26-21(28)19-8-5-6-9-20(19)22(26)29;1-15(2)6-5-7-16(3,4)18(15)20-12-14-8-13(11-19)9-17-10-14;10-7-5-3-1-2-4-6(5)8(11)9(7)12/h5-6,8-9,12-14H,7,10-11,15-16H2,1-4H3;8-10,19H,5-7,11-12H2,1-4H3;1-4,12H. The van der Waals surface area contributed by atoms with Gasteiger partial charge in [0.15, 0.2) is 0 Å². The van der Waals surface area contributed by atoms with E-state index in [-0.39, 0.29) is 51.6 Å². The summed E-state index contributed by atoms with van der Waals surface area (Å²) >= 11 is 0. The fourth-order valence-corrected chi connectivity index (χ4v) is 8.94. The highest BCUT2D eigenvalue weighted by molar-refractivity contribution is 6.21. The first-order valence-electron chi connectivity index (χ1n) is 21.4. The quantitative estimate of drug-likeness (QED) is 0.116. The molecule has 4 aliphatic rings. The fraction of sp³-hybridized carbons (Fsp3) is 0.458. The number of carbonyl (C=O) groups excluding carboxylic acids is 4. The van der Waals surface area contributed by atoms with Crippen LogP contribution in [0.5, 0.6) is 0 Å². The molecule has 4 amide bonds. The zero-order valence-corrected chi connectivity index (χ0v) is 37.6. The maximum atomic E-state index is 12.4. The van der Waals surface area contributed by atoms with Crippen molar-refractivity contribution in [1.82, 2.24) is 30.2 Å². The number of hydrogen-bond acceptors (Lipinski definition) is 13. The third kappa shape index (κ3) is 10.8. The number of aromatic nitrogens is 2. The minimum Gasteiger partial charge on any atom is -0.392 e. The Morgan fingerprint density at radius 1 is 0.508 bits per heavy atom. The van der Waals surface area contributed by atoms with Gasteiger partial charge in [0.25, 0.3) is 23.6 Å². The van der Waals surface area contributed by atoms with Crippen LogP contribution in [0.3, 0.4) is 0 Å². The van der Waals surface area contributed by atoms with Crippen molar-refractivity contribution in [3.05, 3.63) is 130 Å². The molecule has 0 bridgehead atoms. The molecule has 4 aromatic rings. The van der Waals surface area contributed by atoms with Crippen molar-refractivity contribution in [1.29, 1.82) is 0 Å². The summed E-state index contributed by atoms with van der Waals surface area (Å²) in [5.74, 6) is -2.20. The Bertz CT molecular complexity index is 2210. The van der Waals surface area contributed by atoms with Crippen molar-refractivity contribution in [3.8, 4) is 0 Å². The van der Waals surface area contributed by atoms with Gasteiger partial charge < -0.3 is 5.11 Å². The van der Waals surface area contributed by atoms with E-state index in [0.717, 1.165) is 53.0 Å². The highest BCUT2D eigenvalue weighted by Crippen LogP contribution is 2.40. The van der Waals surface area contributed by atoms with E-state index in [9.17, 15) is 19.2 Å². The molecule has 8 rings (SSSR count). The Balaban J connectivity index is 0.000000175. The lowest BCUT2D eigenvalue weighted by atomic mass is 9.82. The van der Waals surface area contributed by atoms with Crippen LogP contribution in [0.15, 0.2) is 85.5 Å². The molecule has 2 aromatic carbocycles. The molecule has 0 unspecified atom stereocenters. The molecule has 15 heteroatoms. The topological polar surface area (TPSA) is 175 Å². The van der Waals surface area contributed by atoms with Crippen LogP contribution in [0.4, 0.5) is 0 Å². The van der Waals surface area contributed by atoms with E-state index in [1.54, 1.807) is 61.2 Å². The predicted molar refractivity (Wildman–Crippen MR) is 232 cm³/mol. The van der Waals surface area contributed by atoms with Crippen molar-refractivity contribution in [2.75, 3.05) is 0 Å². The van der Waals surface area contributed by atoms with Gasteiger partial charge in [-0.1, -0.05) is 24.3 Å². The average Bonchev–Trinajstić information content (AvgIpc) is 3.61. The minimum atomic E-state index is -0.657. The molecule has 2 N–H and O–H groups in total. The Hall–Kier alpha value is -5.26. The highest BCUT2D eigenvalue weighted by Gasteiger charge is 2.44. The van der Waals surface area contributed by atoms with Crippen LogP contribution >= 0.6 is 0 Å². The molecular formula is C48H60N6O9. The maximum absolute atomic E-state index is 12.4. The lowest BCUT2D eigenvalue weighted by Crippen LogP contribution is -2.58. The molecule has 0 saturated carbocycles. The average molecular weight is 865 g/mol. The molecule has 4 aliphatic heterocycles. The summed E-state index contributed by atoms with van der Waals surface area (Å²) in [5, 5.41) is 23.3. The summed E-state index contributed by atoms with van der Waals surface area (Å²) in [6.07, 6.45) is 13.8. The van der Waals surface area contributed by atoms with Crippen LogP contribution in [-0.4, -0.2) is 86.3 Å². The highest BCUT2D eigenvalue weighted by atomic mass is 16.7. The first kappa shape index (κ1) is 47.2. The second kappa shape index (κ2) is 19.2. The number of aliphatic hydroxyl groups is 1. The van der Waals surface area contributed by atoms with E-state index < -0.39 is 23.6 Å². The van der Waals surface area contributed by atoms with Gasteiger partial charge in [-0.3, -0.25) is 48.9 Å². The summed E-state index contributed by atoms with van der Waals surface area (Å²) in [7, 11) is 0. The van der Waals surface area contributed by atoms with Gasteiger partial charge in [-0.25, -0.2) is 0 Å². The fourth-order valence-electron chi connectivity index (χ4n) is 8.94. The summed E-state index contributed by atoms with van der Waals surface area (Å²) < 4.78 is 0. The third-order valence-corrected chi connectivity index (χ3v) is 11.8. The molecule has 2 fully saturated rings. The monoisotopic (exact) mass is 864 g/mol. The van der Waals surface area contributed by atoms with Gasteiger partial charge in [0.1, 0.15) is 6.61 Å². The van der Waals surface area contributed by atoms with Crippen molar-refractivity contribution in [3.63, 3.8) is 0 Å². The van der Waals surface area contributed by atoms with Crippen LogP contribution in [-0.2, 0) is 40.9 Å². The molecule has 0 aliphatic carbocycles. The lowest BCUT2D eigenvalue weighted by molar-refractivity contribution is -0.288. The number of carbonyl (C=O) groups is 4. The van der Waals surface area contributed by atoms with E-state index in [1.165, 1.54) is 25.0 Å². The molecule has 336 valence electrons. The Kier molecular flexibility index (Phi) is 14.4. The summed E-state index contributed by atoms with van der Waals surface area (Å²) in [4.78, 5) is 73.3. The second-order valence-corrected chi connectivity index (χ2v) is 18.8. The summed E-state index contributed by atoms with van der Waals surface area (Å²) in [6, 6.07) is 16.9. The van der Waals surface area contributed by atoms with Crippen molar-refractivity contribution >= 4 is 23.6 Å². The molecule has 2 aromatic heterocycles. The van der Waals surface area contributed by atoms with E-state index in [2.05, 4.69) is 75.5 Å². The maximum Gasteiger partial charge on any atom is 0.285 e. The SMILES string of the molecule is CC1(C)CCCC(C)(C)N1OCc1cncc(CO)c1.CC1(C)CCCC(C)(C)N1OCc1cncc(CON2C(=O)c3ccccc3C2=O)c1.O=C1c2ccccc2C(=O)N1O. The number of benzene rings is 2. The van der Waals surface area contributed by atoms with E-state index in [4.69, 9.17) is 24.8 Å². The van der Waals surface area contributed by atoms with Crippen LogP contribution in [0.25, 0.3) is 0 Å². The number of rotatable bonds is 10. The van der Waals surface area contributed by atoms with E-state index in [1.807, 2.05) is 12.1 Å². The van der Waals surface area contributed by atoms with Gasteiger partial charge in [0, 0.05) is 46.9 Å². The number of imide groups is 2. The van der Waals surface area contributed by atoms with Gasteiger partial charge in [-0.05, 0) is 153 Å². The molecular weight excluding hydrogens is 805 g/mol. The normalized spacial score (nSPS) is 19.8. The second-order valence-electron chi connectivity index (χ2n) is 18.8. The first-order chi connectivity index (χ1) is 29.8. The van der Waals surface area contributed by atoms with Gasteiger partial charge in [0.05, 0.1) is 42.1 Å². The van der Waals surface area contributed by atoms with Crippen molar-refractivity contribution in [2.24, 2.45) is 0 Å². The Morgan fingerprint density at radius 2 is 0.825 bits per heavy atom. The number of aliphatic hydroxyl groups excluding tert-OH is 1. The summed E-state index contributed by atoms with van der Waals surface area (Å²) in [6.45, 7) is 18.7. The number of piperidine rings is 2. The van der Waals surface area contributed by atoms with Crippen molar-refractivity contribution in [2.45, 2.75) is 142 Å². The zero-order chi connectivity index (χ0) is 45.7. The number of hydroxylamine groups is 8.